The fourth-order valence-electron chi connectivity index (χ4n) is 9.26. The number of carbonyl (C=O) groups is 2. The molecule has 3 atom stereocenters. The quantitative estimate of drug-likeness (QED) is 0.0212. The Kier molecular flexibility index (Phi) is 56.3. The average molecular weight is 1130 g/mol. The number of allylic oxidation sites excluding steroid dienone is 13. The molecule has 3 unspecified atom stereocenters. The van der Waals surface area contributed by atoms with Crippen LogP contribution in [-0.4, -0.2) is 69.4 Å². The summed E-state index contributed by atoms with van der Waals surface area (Å²) in [5, 5.41) is 3.02. The van der Waals surface area contributed by atoms with Crippen LogP contribution in [0.2, 0.25) is 0 Å². The Bertz CT molecular complexity index is 1630. The van der Waals surface area contributed by atoms with E-state index >= 15 is 0 Å². The van der Waals surface area contributed by atoms with Gasteiger partial charge in [-0.2, -0.15) is 0 Å². The van der Waals surface area contributed by atoms with Crippen molar-refractivity contribution in [1.82, 2.24) is 5.32 Å². The number of phosphoric acid groups is 1. The molecule has 0 bridgehead atoms. The molecule has 10 heteroatoms. The normalized spacial score (nSPS) is 14.2. The minimum atomic E-state index is -4.72. The number of carbonyl (C=O) groups excluding carboxylic acids is 2. The second kappa shape index (κ2) is 58.4. The van der Waals surface area contributed by atoms with E-state index in [1.165, 1.54) is 173 Å². The lowest BCUT2D eigenvalue weighted by Crippen LogP contribution is -2.47. The highest BCUT2D eigenvalue weighted by atomic mass is 31.2. The maximum Gasteiger partial charge on any atom is 0.306 e. The van der Waals surface area contributed by atoms with Crippen molar-refractivity contribution < 1.29 is 37.3 Å². The molecule has 0 aliphatic carbocycles. The minimum Gasteiger partial charge on any atom is -0.756 e. The van der Waals surface area contributed by atoms with Gasteiger partial charge in [0.2, 0.25) is 5.91 Å². The molecular formula is C69H125N2O7P. The van der Waals surface area contributed by atoms with Gasteiger partial charge in [0.05, 0.1) is 33.8 Å². The van der Waals surface area contributed by atoms with Crippen molar-refractivity contribution in [2.24, 2.45) is 0 Å². The zero-order chi connectivity index (χ0) is 57.9. The van der Waals surface area contributed by atoms with Crippen LogP contribution in [0.5, 0.6) is 0 Å². The van der Waals surface area contributed by atoms with E-state index in [2.05, 4.69) is 99.0 Å². The predicted octanol–water partition coefficient (Wildman–Crippen LogP) is 19.9. The number of likely N-dealkylation sites (N-methyl/N-ethyl adjacent to an activating group) is 1. The second-order valence-corrected chi connectivity index (χ2v) is 24.6. The molecular weight excluding hydrogens is 1000 g/mol. The number of esters is 1. The van der Waals surface area contributed by atoms with Crippen molar-refractivity contribution >= 4 is 19.7 Å². The number of hydrogen-bond acceptors (Lipinski definition) is 7. The highest BCUT2D eigenvalue weighted by Gasteiger charge is 2.27. The summed E-state index contributed by atoms with van der Waals surface area (Å²) in [6, 6.07) is -0.915. The predicted molar refractivity (Wildman–Crippen MR) is 339 cm³/mol. The van der Waals surface area contributed by atoms with Crippen molar-refractivity contribution in [3.63, 3.8) is 0 Å². The Balaban J connectivity index is 5.24. The first-order valence-electron chi connectivity index (χ1n) is 32.9. The number of quaternary nitrogens is 1. The molecule has 0 saturated carbocycles. The topological polar surface area (TPSA) is 114 Å². The van der Waals surface area contributed by atoms with Crippen LogP contribution in [0.1, 0.15) is 290 Å². The molecule has 0 radical (unpaired) electrons. The Morgan fingerprint density at radius 2 is 0.823 bits per heavy atom. The Morgan fingerprint density at radius 3 is 1.25 bits per heavy atom. The fraction of sp³-hybridized carbons (Fsp3) is 0.768. The van der Waals surface area contributed by atoms with Crippen LogP contribution >= 0.6 is 7.82 Å². The average Bonchev–Trinajstić information content (AvgIpc) is 3.41. The van der Waals surface area contributed by atoms with Gasteiger partial charge in [-0.05, 0) is 96.0 Å². The SMILES string of the molecule is CC/C=C\C/C=C\C/C=C\C/C=C\C/C=C\CCCC(=O)OC(/C=C\CCCCCCCCCCCCC)C(COP(=O)([O-])OCC[N+](C)(C)C)NC(=O)CCCCCCCCCCCCCCC/C=C/CCCCCCCC. The number of nitrogens with zero attached hydrogens (tertiary/aromatic N) is 1. The summed E-state index contributed by atoms with van der Waals surface area (Å²) < 4.78 is 30.3. The summed E-state index contributed by atoms with van der Waals surface area (Å²) in [5.41, 5.74) is 0. The third-order valence-electron chi connectivity index (χ3n) is 14.3. The van der Waals surface area contributed by atoms with E-state index in [9.17, 15) is 19.0 Å². The van der Waals surface area contributed by atoms with E-state index in [1.54, 1.807) is 0 Å². The number of phosphoric ester groups is 1. The molecule has 79 heavy (non-hydrogen) atoms. The van der Waals surface area contributed by atoms with E-state index < -0.39 is 32.5 Å². The van der Waals surface area contributed by atoms with Crippen LogP contribution in [0.3, 0.4) is 0 Å². The molecule has 1 amide bonds. The van der Waals surface area contributed by atoms with E-state index in [-0.39, 0.29) is 18.9 Å². The fourth-order valence-corrected chi connectivity index (χ4v) is 9.98. The molecule has 9 nitrogen and oxygen atoms in total. The summed E-state index contributed by atoms with van der Waals surface area (Å²) >= 11 is 0. The lowest BCUT2D eigenvalue weighted by atomic mass is 10.0. The van der Waals surface area contributed by atoms with Crippen LogP contribution < -0.4 is 10.2 Å². The van der Waals surface area contributed by atoms with Gasteiger partial charge >= 0.3 is 5.97 Å². The highest BCUT2D eigenvalue weighted by molar-refractivity contribution is 7.45. The van der Waals surface area contributed by atoms with Crippen molar-refractivity contribution in [2.75, 3.05) is 40.9 Å². The van der Waals surface area contributed by atoms with Crippen molar-refractivity contribution in [3.8, 4) is 0 Å². The third-order valence-corrected chi connectivity index (χ3v) is 15.3. The van der Waals surface area contributed by atoms with Gasteiger partial charge in [-0.25, -0.2) is 0 Å². The molecule has 0 spiro atoms. The summed E-state index contributed by atoms with van der Waals surface area (Å²) in [6.07, 6.45) is 77.1. The molecule has 0 rings (SSSR count). The highest BCUT2D eigenvalue weighted by Crippen LogP contribution is 2.38. The number of nitrogens with one attached hydrogen (secondary N) is 1. The van der Waals surface area contributed by atoms with E-state index in [1.807, 2.05) is 33.3 Å². The molecule has 458 valence electrons. The van der Waals surface area contributed by atoms with Crippen molar-refractivity contribution in [1.29, 1.82) is 0 Å². The molecule has 0 aromatic heterocycles. The van der Waals surface area contributed by atoms with Crippen LogP contribution in [0.15, 0.2) is 85.1 Å². The van der Waals surface area contributed by atoms with Gasteiger partial charge in [0, 0.05) is 12.8 Å². The molecule has 0 aromatic carbocycles. The van der Waals surface area contributed by atoms with Crippen LogP contribution in [0, 0.1) is 0 Å². The maximum absolute atomic E-state index is 13.6. The van der Waals surface area contributed by atoms with Crippen molar-refractivity contribution in [3.05, 3.63) is 85.1 Å². The Hall–Kier alpha value is -2.81. The zero-order valence-electron chi connectivity index (χ0n) is 52.3. The van der Waals surface area contributed by atoms with Gasteiger partial charge in [-0.1, -0.05) is 267 Å². The molecule has 0 aromatic rings. The number of unbranched alkanes of at least 4 members (excludes halogenated alkanes) is 31. The lowest BCUT2D eigenvalue weighted by Gasteiger charge is -2.30. The maximum atomic E-state index is 13.6. The van der Waals surface area contributed by atoms with Crippen LogP contribution in [-0.2, 0) is 27.9 Å². The molecule has 0 fully saturated rings. The van der Waals surface area contributed by atoms with E-state index in [4.69, 9.17) is 13.8 Å². The minimum absolute atomic E-state index is 0.0334. The Labute approximate surface area is 488 Å². The van der Waals surface area contributed by atoms with Gasteiger partial charge in [-0.15, -0.1) is 0 Å². The molecule has 0 aliphatic heterocycles. The summed E-state index contributed by atoms with van der Waals surface area (Å²) in [4.78, 5) is 40.0. The van der Waals surface area contributed by atoms with Crippen LogP contribution in [0.25, 0.3) is 0 Å². The second-order valence-electron chi connectivity index (χ2n) is 23.2. The smallest absolute Gasteiger partial charge is 0.306 e. The summed E-state index contributed by atoms with van der Waals surface area (Å²) in [7, 11) is 1.15. The Morgan fingerprint density at radius 1 is 0.456 bits per heavy atom. The third kappa shape index (κ3) is 59.6. The first-order chi connectivity index (χ1) is 38.4. The van der Waals surface area contributed by atoms with Gasteiger partial charge in [0.25, 0.3) is 7.82 Å². The molecule has 0 saturated heterocycles. The summed E-state index contributed by atoms with van der Waals surface area (Å²) in [6.45, 7) is 6.71. The lowest BCUT2D eigenvalue weighted by molar-refractivity contribution is -0.870. The number of amides is 1. The number of ether oxygens (including phenoxy) is 1. The number of rotatable bonds is 59. The van der Waals surface area contributed by atoms with E-state index in [0.29, 0.717) is 23.9 Å². The largest absolute Gasteiger partial charge is 0.756 e. The monoisotopic (exact) mass is 1120 g/mol. The molecule has 0 heterocycles. The van der Waals surface area contributed by atoms with Crippen molar-refractivity contribution in [2.45, 2.75) is 303 Å². The molecule has 0 aliphatic rings. The van der Waals surface area contributed by atoms with Gasteiger partial charge in [0.1, 0.15) is 19.3 Å². The first-order valence-corrected chi connectivity index (χ1v) is 34.4. The zero-order valence-corrected chi connectivity index (χ0v) is 53.2. The first kappa shape index (κ1) is 76.2. The standard InChI is InChI=1S/C69H125N2O7P/c1-7-10-13-16-19-22-25-28-30-32-33-34-35-36-37-39-40-43-46-49-52-55-58-61-68(72)70-66(65-77-79(74,75)76-64-63-71(4,5)6)67(60-57-54-51-48-45-42-27-24-21-18-15-12-9-3)78-69(73)62-59-56-53-50-47-44-41-38-31-29-26-23-20-17-14-11-8-2/h11,14,20,23,28-31,41,44,50,53,57,60,66-67H,7-10,12-13,15-19,21-22,24-27,32-40,42-43,45-49,51-52,54-56,58-59,61-65H2,1-6H3,(H-,70,72,74,75)/b14-11-,23-20-,30-28+,31-29-,44-41-,53-50-,60-57-. The van der Waals surface area contributed by atoms with Gasteiger partial charge in [-0.3, -0.25) is 14.2 Å². The van der Waals surface area contributed by atoms with Crippen LogP contribution in [0.4, 0.5) is 0 Å². The van der Waals surface area contributed by atoms with E-state index in [0.717, 1.165) is 77.0 Å². The summed E-state index contributed by atoms with van der Waals surface area (Å²) in [5.74, 6) is -0.605. The van der Waals surface area contributed by atoms with Gasteiger partial charge in [0.15, 0.2) is 0 Å². The number of hydrogen-bond donors (Lipinski definition) is 1. The molecule has 1 N–H and O–H groups in total. The van der Waals surface area contributed by atoms with Gasteiger partial charge < -0.3 is 28.5 Å².